The van der Waals surface area contributed by atoms with Gasteiger partial charge in [-0.2, -0.15) is 10.2 Å². The van der Waals surface area contributed by atoms with Gasteiger partial charge in [-0.25, -0.2) is 14.1 Å². The monoisotopic (exact) mass is 502 g/mol. The summed E-state index contributed by atoms with van der Waals surface area (Å²) in [6, 6.07) is 16.3. The summed E-state index contributed by atoms with van der Waals surface area (Å²) in [4.78, 5) is 17.4. The molecule has 7 nitrogen and oxygen atoms in total. The number of nitrogens with zero attached hydrogens (tertiary/aromatic N) is 5. The highest BCUT2D eigenvalue weighted by Gasteiger charge is 2.17. The van der Waals surface area contributed by atoms with Gasteiger partial charge in [-0.15, -0.1) is 0 Å². The Labute approximate surface area is 212 Å². The molecule has 0 bridgehead atoms. The normalized spacial score (nSPS) is 11.2. The van der Waals surface area contributed by atoms with E-state index in [2.05, 4.69) is 45.6 Å². The van der Waals surface area contributed by atoms with Crippen molar-refractivity contribution in [2.24, 2.45) is 0 Å². The topological polar surface area (TPSA) is 77.6 Å². The highest BCUT2D eigenvalue weighted by Crippen LogP contribution is 2.30. The van der Waals surface area contributed by atoms with E-state index in [0.717, 1.165) is 33.5 Å². The third kappa shape index (κ3) is 4.72. The minimum Gasteiger partial charge on any atom is -0.308 e. The molecule has 0 unspecified atom stereocenters. The lowest BCUT2D eigenvalue weighted by Gasteiger charge is -2.07. The number of anilines is 1. The average molecular weight is 503 g/mol. The molecule has 0 aliphatic rings. The number of pyridine rings is 1. The first-order valence-corrected chi connectivity index (χ1v) is 11.8. The number of benzene rings is 2. The Balaban J connectivity index is 1.36. The lowest BCUT2D eigenvalue weighted by molar-refractivity contribution is -0.116. The van der Waals surface area contributed by atoms with Crippen LogP contribution in [0.5, 0.6) is 0 Å². The number of aromatic nitrogens is 5. The molecule has 3 aromatic heterocycles. The Morgan fingerprint density at radius 1 is 1.03 bits per heavy atom. The molecule has 0 fully saturated rings. The van der Waals surface area contributed by atoms with Gasteiger partial charge in [0.1, 0.15) is 12.4 Å². The summed E-state index contributed by atoms with van der Waals surface area (Å²) >= 11 is 6.15. The number of aryl methyl sites for hydroxylation is 3. The van der Waals surface area contributed by atoms with Crippen molar-refractivity contribution >= 4 is 34.4 Å². The van der Waals surface area contributed by atoms with Crippen LogP contribution in [0, 0.1) is 26.6 Å². The number of rotatable bonds is 6. The molecular formula is C27H24ClFN6O. The number of nitrogens with one attached hydrogen (secondary N) is 1. The molecular weight excluding hydrogens is 479 g/mol. The number of amides is 1. The van der Waals surface area contributed by atoms with E-state index in [-0.39, 0.29) is 12.5 Å². The second-order valence-electron chi connectivity index (χ2n) is 8.78. The summed E-state index contributed by atoms with van der Waals surface area (Å²) in [7, 11) is 0. The van der Waals surface area contributed by atoms with Crippen LogP contribution in [0.1, 0.15) is 22.5 Å². The molecule has 0 saturated heterocycles. The highest BCUT2D eigenvalue weighted by molar-refractivity contribution is 6.31. The van der Waals surface area contributed by atoms with E-state index in [1.54, 1.807) is 27.7 Å². The van der Waals surface area contributed by atoms with Crippen LogP contribution in [0.3, 0.4) is 0 Å². The van der Waals surface area contributed by atoms with Gasteiger partial charge in [-0.05, 0) is 55.7 Å². The smallest absolute Gasteiger partial charge is 0.247 e. The lowest BCUT2D eigenvalue weighted by Crippen LogP contribution is -2.20. The van der Waals surface area contributed by atoms with Gasteiger partial charge in [0.2, 0.25) is 5.91 Å². The SMILES string of the molecule is Cc1cccc(-c2ccnc3c2c(C)nn3CC(=O)Nc2cc(C)n(Cc3ccc(F)cc3Cl)n2)c1. The van der Waals surface area contributed by atoms with Crippen LogP contribution in [0.25, 0.3) is 22.2 Å². The first kappa shape index (κ1) is 23.7. The van der Waals surface area contributed by atoms with Gasteiger partial charge in [-0.3, -0.25) is 9.48 Å². The number of hydrogen-bond acceptors (Lipinski definition) is 4. The van der Waals surface area contributed by atoms with E-state index in [1.807, 2.05) is 26.0 Å². The molecule has 5 rings (SSSR count). The van der Waals surface area contributed by atoms with Gasteiger partial charge in [0.05, 0.1) is 12.2 Å². The van der Waals surface area contributed by atoms with Crippen molar-refractivity contribution in [1.29, 1.82) is 0 Å². The van der Waals surface area contributed by atoms with Crippen molar-refractivity contribution in [3.8, 4) is 11.1 Å². The summed E-state index contributed by atoms with van der Waals surface area (Å²) in [5, 5.41) is 13.2. The van der Waals surface area contributed by atoms with Gasteiger partial charge >= 0.3 is 0 Å². The zero-order valence-electron chi connectivity index (χ0n) is 20.1. The average Bonchev–Trinajstić information content (AvgIpc) is 3.34. The summed E-state index contributed by atoms with van der Waals surface area (Å²) in [5.74, 6) is -0.250. The summed E-state index contributed by atoms with van der Waals surface area (Å²) in [5.41, 5.74) is 6.29. The number of fused-ring (bicyclic) bond motifs is 1. The van der Waals surface area contributed by atoms with Crippen LogP contribution in [0.2, 0.25) is 5.02 Å². The van der Waals surface area contributed by atoms with Crippen LogP contribution >= 0.6 is 11.6 Å². The van der Waals surface area contributed by atoms with Gasteiger partial charge in [0, 0.05) is 28.4 Å². The maximum Gasteiger partial charge on any atom is 0.247 e. The first-order valence-electron chi connectivity index (χ1n) is 11.5. The molecule has 9 heteroatoms. The second-order valence-corrected chi connectivity index (χ2v) is 9.19. The molecule has 182 valence electrons. The molecule has 0 radical (unpaired) electrons. The predicted molar refractivity (Wildman–Crippen MR) is 139 cm³/mol. The Hall–Kier alpha value is -4.04. The van der Waals surface area contributed by atoms with E-state index < -0.39 is 5.82 Å². The van der Waals surface area contributed by atoms with Crippen LogP contribution in [-0.4, -0.2) is 30.5 Å². The number of carbonyl (C=O) groups excluding carboxylic acids is 1. The predicted octanol–water partition coefficient (Wildman–Crippen LogP) is 5.70. The fourth-order valence-corrected chi connectivity index (χ4v) is 4.53. The molecule has 36 heavy (non-hydrogen) atoms. The van der Waals surface area contributed by atoms with E-state index >= 15 is 0 Å². The van der Waals surface area contributed by atoms with Gasteiger partial charge in [0.25, 0.3) is 0 Å². The second kappa shape index (κ2) is 9.54. The molecule has 2 aromatic carbocycles. The molecule has 0 aliphatic heterocycles. The molecule has 5 aromatic rings. The summed E-state index contributed by atoms with van der Waals surface area (Å²) in [6.45, 7) is 6.20. The Kier molecular flexibility index (Phi) is 6.28. The lowest BCUT2D eigenvalue weighted by atomic mass is 10.0. The largest absolute Gasteiger partial charge is 0.308 e. The summed E-state index contributed by atoms with van der Waals surface area (Å²) in [6.07, 6.45) is 1.74. The van der Waals surface area contributed by atoms with E-state index in [1.165, 1.54) is 17.7 Å². The fraction of sp³-hybridized carbons (Fsp3) is 0.185. The van der Waals surface area contributed by atoms with Crippen LogP contribution in [0.4, 0.5) is 10.2 Å². The molecule has 0 aliphatic carbocycles. The maximum atomic E-state index is 13.3. The number of hydrogen-bond donors (Lipinski definition) is 1. The van der Waals surface area contributed by atoms with Crippen LogP contribution in [-0.2, 0) is 17.9 Å². The van der Waals surface area contributed by atoms with Gasteiger partial charge in [-0.1, -0.05) is 47.5 Å². The first-order chi connectivity index (χ1) is 17.3. The molecule has 3 heterocycles. The molecule has 1 amide bonds. The van der Waals surface area contributed by atoms with E-state index in [4.69, 9.17) is 11.6 Å². The highest BCUT2D eigenvalue weighted by atomic mass is 35.5. The Morgan fingerprint density at radius 3 is 2.64 bits per heavy atom. The number of halogens is 2. The van der Waals surface area contributed by atoms with Crippen molar-refractivity contribution in [3.05, 3.63) is 94.1 Å². The quantitative estimate of drug-likeness (QED) is 0.323. The zero-order chi connectivity index (χ0) is 25.4. The minimum atomic E-state index is -0.393. The zero-order valence-corrected chi connectivity index (χ0v) is 20.8. The minimum absolute atomic E-state index is 0.00961. The fourth-order valence-electron chi connectivity index (χ4n) is 4.31. The van der Waals surface area contributed by atoms with Gasteiger partial charge in [0.15, 0.2) is 11.5 Å². The summed E-state index contributed by atoms with van der Waals surface area (Å²) < 4.78 is 16.7. The van der Waals surface area contributed by atoms with Crippen LogP contribution < -0.4 is 5.32 Å². The number of carbonyl (C=O) groups is 1. The van der Waals surface area contributed by atoms with Crippen molar-refractivity contribution in [2.45, 2.75) is 33.9 Å². The van der Waals surface area contributed by atoms with Crippen molar-refractivity contribution in [1.82, 2.24) is 24.5 Å². The van der Waals surface area contributed by atoms with Crippen molar-refractivity contribution < 1.29 is 9.18 Å². The van der Waals surface area contributed by atoms with Crippen molar-refractivity contribution in [3.63, 3.8) is 0 Å². The molecule has 0 spiro atoms. The van der Waals surface area contributed by atoms with Crippen LogP contribution in [0.15, 0.2) is 60.8 Å². The Bertz CT molecular complexity index is 1610. The Morgan fingerprint density at radius 2 is 1.86 bits per heavy atom. The van der Waals surface area contributed by atoms with Crippen molar-refractivity contribution in [2.75, 3.05) is 5.32 Å². The standard InChI is InChI=1S/C27H24ClFN6O/c1-16-5-4-6-19(11-16)22-9-10-30-27-26(22)18(3)32-35(27)15-25(36)31-24-12-17(2)34(33-24)14-20-7-8-21(29)13-23(20)28/h4-13H,14-15H2,1-3H3,(H,31,33,36). The van der Waals surface area contributed by atoms with E-state index in [0.29, 0.717) is 23.0 Å². The molecule has 0 saturated carbocycles. The third-order valence-corrected chi connectivity index (χ3v) is 6.37. The van der Waals surface area contributed by atoms with Gasteiger partial charge < -0.3 is 5.32 Å². The maximum absolute atomic E-state index is 13.3. The third-order valence-electron chi connectivity index (χ3n) is 6.01. The molecule has 1 N–H and O–H groups in total. The molecule has 0 atom stereocenters. The van der Waals surface area contributed by atoms with E-state index in [9.17, 15) is 9.18 Å².